The molecule has 0 bridgehead atoms. The monoisotopic (exact) mass is 259 g/mol. The van der Waals surface area contributed by atoms with E-state index in [1.807, 2.05) is 32.9 Å². The standard InChI is InChI=1S/C15H21N3O/c1-15(2,3)14(19)18-9-8-17-11-13-6-4-12(10-16)5-7-13/h4-7,17H,8-9,11H2,1-3H3,(H,18,19). The summed E-state index contributed by atoms with van der Waals surface area (Å²) >= 11 is 0. The molecule has 1 aromatic rings. The van der Waals surface area contributed by atoms with Crippen molar-refractivity contribution in [2.75, 3.05) is 13.1 Å². The molecule has 1 aromatic carbocycles. The molecule has 1 amide bonds. The van der Waals surface area contributed by atoms with E-state index in [0.29, 0.717) is 12.1 Å². The highest BCUT2D eigenvalue weighted by molar-refractivity contribution is 5.81. The van der Waals surface area contributed by atoms with Gasteiger partial charge in [-0.3, -0.25) is 4.79 Å². The van der Waals surface area contributed by atoms with Crippen LogP contribution in [0, 0.1) is 16.7 Å². The van der Waals surface area contributed by atoms with Crippen LogP contribution in [0.4, 0.5) is 0 Å². The molecule has 4 nitrogen and oxygen atoms in total. The van der Waals surface area contributed by atoms with E-state index in [-0.39, 0.29) is 11.3 Å². The summed E-state index contributed by atoms with van der Waals surface area (Å²) in [7, 11) is 0. The maximum Gasteiger partial charge on any atom is 0.225 e. The fourth-order valence-corrected chi connectivity index (χ4v) is 1.46. The van der Waals surface area contributed by atoms with Gasteiger partial charge in [-0.05, 0) is 17.7 Å². The van der Waals surface area contributed by atoms with Gasteiger partial charge in [0.15, 0.2) is 0 Å². The van der Waals surface area contributed by atoms with Gasteiger partial charge in [-0.25, -0.2) is 0 Å². The summed E-state index contributed by atoms with van der Waals surface area (Å²) in [5, 5.41) is 14.8. The quantitative estimate of drug-likeness (QED) is 0.793. The van der Waals surface area contributed by atoms with Crippen LogP contribution < -0.4 is 10.6 Å². The lowest BCUT2D eigenvalue weighted by Gasteiger charge is -2.17. The molecule has 0 saturated heterocycles. The number of benzene rings is 1. The van der Waals surface area contributed by atoms with Gasteiger partial charge in [0.1, 0.15) is 0 Å². The van der Waals surface area contributed by atoms with Gasteiger partial charge < -0.3 is 10.6 Å². The number of nitrogens with zero attached hydrogens (tertiary/aromatic N) is 1. The molecule has 0 atom stereocenters. The van der Waals surface area contributed by atoms with Crippen LogP contribution in [-0.2, 0) is 11.3 Å². The first-order valence-electron chi connectivity index (χ1n) is 6.41. The number of carbonyl (C=O) groups excluding carboxylic acids is 1. The molecule has 0 aliphatic rings. The average Bonchev–Trinajstić information content (AvgIpc) is 2.37. The van der Waals surface area contributed by atoms with Crippen LogP contribution in [0.5, 0.6) is 0 Å². The Morgan fingerprint density at radius 3 is 2.37 bits per heavy atom. The predicted molar refractivity (Wildman–Crippen MR) is 75.3 cm³/mol. The zero-order valence-corrected chi connectivity index (χ0v) is 11.8. The van der Waals surface area contributed by atoms with Crippen LogP contribution in [0.3, 0.4) is 0 Å². The Labute approximate surface area is 114 Å². The number of nitriles is 1. The molecule has 2 N–H and O–H groups in total. The van der Waals surface area contributed by atoms with E-state index >= 15 is 0 Å². The van der Waals surface area contributed by atoms with Gasteiger partial charge in [-0.15, -0.1) is 0 Å². The molecule has 19 heavy (non-hydrogen) atoms. The van der Waals surface area contributed by atoms with Gasteiger partial charge in [0.25, 0.3) is 0 Å². The lowest BCUT2D eigenvalue weighted by molar-refractivity contribution is -0.128. The van der Waals surface area contributed by atoms with Crippen molar-refractivity contribution in [3.05, 3.63) is 35.4 Å². The van der Waals surface area contributed by atoms with Gasteiger partial charge in [-0.2, -0.15) is 5.26 Å². The van der Waals surface area contributed by atoms with Crippen LogP contribution in [0.25, 0.3) is 0 Å². The van der Waals surface area contributed by atoms with Crippen LogP contribution in [0.2, 0.25) is 0 Å². The summed E-state index contributed by atoms with van der Waals surface area (Å²) in [5.74, 6) is 0.0627. The third-order valence-corrected chi connectivity index (χ3v) is 2.68. The van der Waals surface area contributed by atoms with Crippen LogP contribution >= 0.6 is 0 Å². The highest BCUT2D eigenvalue weighted by Gasteiger charge is 2.19. The number of carbonyl (C=O) groups is 1. The molecule has 0 heterocycles. The summed E-state index contributed by atoms with van der Waals surface area (Å²) in [6.45, 7) is 7.76. The number of rotatable bonds is 5. The summed E-state index contributed by atoms with van der Waals surface area (Å²) in [5.41, 5.74) is 1.45. The molecule has 0 saturated carbocycles. The summed E-state index contributed by atoms with van der Waals surface area (Å²) in [6, 6.07) is 9.56. The normalized spacial score (nSPS) is 10.8. The van der Waals surface area contributed by atoms with E-state index in [9.17, 15) is 4.79 Å². The molecular weight excluding hydrogens is 238 g/mol. The first-order chi connectivity index (χ1) is 8.93. The molecular formula is C15H21N3O. The van der Waals surface area contributed by atoms with Crippen molar-refractivity contribution < 1.29 is 4.79 Å². The van der Waals surface area contributed by atoms with E-state index in [1.54, 1.807) is 12.1 Å². The van der Waals surface area contributed by atoms with Crippen LogP contribution in [0.15, 0.2) is 24.3 Å². The molecule has 0 aromatic heterocycles. The minimum atomic E-state index is -0.340. The molecule has 0 radical (unpaired) electrons. The Hall–Kier alpha value is -1.86. The predicted octanol–water partition coefficient (Wildman–Crippen LogP) is 1.81. The molecule has 0 unspecified atom stereocenters. The van der Waals surface area contributed by atoms with Gasteiger partial charge >= 0.3 is 0 Å². The average molecular weight is 259 g/mol. The highest BCUT2D eigenvalue weighted by atomic mass is 16.2. The summed E-state index contributed by atoms with van der Waals surface area (Å²) in [4.78, 5) is 11.6. The highest BCUT2D eigenvalue weighted by Crippen LogP contribution is 2.11. The van der Waals surface area contributed by atoms with Gasteiger partial charge in [0.2, 0.25) is 5.91 Å². The van der Waals surface area contributed by atoms with Crippen molar-refractivity contribution in [2.24, 2.45) is 5.41 Å². The van der Waals surface area contributed by atoms with Crippen molar-refractivity contribution >= 4 is 5.91 Å². The summed E-state index contributed by atoms with van der Waals surface area (Å²) in [6.07, 6.45) is 0. The smallest absolute Gasteiger partial charge is 0.225 e. The van der Waals surface area contributed by atoms with Crippen molar-refractivity contribution in [1.29, 1.82) is 5.26 Å². The van der Waals surface area contributed by atoms with Crippen molar-refractivity contribution in [1.82, 2.24) is 10.6 Å². The third-order valence-electron chi connectivity index (χ3n) is 2.68. The van der Waals surface area contributed by atoms with E-state index in [0.717, 1.165) is 18.7 Å². The summed E-state index contributed by atoms with van der Waals surface area (Å²) < 4.78 is 0. The van der Waals surface area contributed by atoms with Crippen molar-refractivity contribution in [2.45, 2.75) is 27.3 Å². The zero-order valence-electron chi connectivity index (χ0n) is 11.8. The second kappa shape index (κ2) is 6.91. The Kier molecular flexibility index (Phi) is 5.53. The fourth-order valence-electron chi connectivity index (χ4n) is 1.46. The minimum Gasteiger partial charge on any atom is -0.354 e. The number of hydrogen-bond acceptors (Lipinski definition) is 3. The second-order valence-electron chi connectivity index (χ2n) is 5.49. The van der Waals surface area contributed by atoms with E-state index in [2.05, 4.69) is 16.7 Å². The molecule has 0 spiro atoms. The zero-order chi connectivity index (χ0) is 14.3. The lowest BCUT2D eigenvalue weighted by atomic mass is 9.96. The number of nitrogens with one attached hydrogen (secondary N) is 2. The second-order valence-corrected chi connectivity index (χ2v) is 5.49. The van der Waals surface area contributed by atoms with Crippen LogP contribution in [-0.4, -0.2) is 19.0 Å². The maximum absolute atomic E-state index is 11.6. The first-order valence-corrected chi connectivity index (χ1v) is 6.41. The Balaban J connectivity index is 2.21. The van der Waals surface area contributed by atoms with Crippen molar-refractivity contribution in [3.8, 4) is 6.07 Å². The largest absolute Gasteiger partial charge is 0.354 e. The molecule has 0 aliphatic heterocycles. The SMILES string of the molecule is CC(C)(C)C(=O)NCCNCc1ccc(C#N)cc1. The van der Waals surface area contributed by atoms with Gasteiger partial charge in [0, 0.05) is 25.0 Å². The lowest BCUT2D eigenvalue weighted by Crippen LogP contribution is -2.38. The van der Waals surface area contributed by atoms with Crippen LogP contribution in [0.1, 0.15) is 31.9 Å². The maximum atomic E-state index is 11.6. The minimum absolute atomic E-state index is 0.0627. The Bertz CT molecular complexity index is 452. The van der Waals surface area contributed by atoms with E-state index < -0.39 is 0 Å². The van der Waals surface area contributed by atoms with E-state index in [4.69, 9.17) is 5.26 Å². The topological polar surface area (TPSA) is 64.9 Å². The molecule has 0 fully saturated rings. The Morgan fingerprint density at radius 2 is 1.84 bits per heavy atom. The fraction of sp³-hybridized carbons (Fsp3) is 0.467. The third kappa shape index (κ3) is 5.54. The number of hydrogen-bond donors (Lipinski definition) is 2. The van der Waals surface area contributed by atoms with Crippen molar-refractivity contribution in [3.63, 3.8) is 0 Å². The van der Waals surface area contributed by atoms with E-state index in [1.165, 1.54) is 0 Å². The molecule has 1 rings (SSSR count). The molecule has 0 aliphatic carbocycles. The number of amides is 1. The molecule has 102 valence electrons. The van der Waals surface area contributed by atoms with Gasteiger partial charge in [0.05, 0.1) is 11.6 Å². The molecule has 4 heteroatoms. The van der Waals surface area contributed by atoms with Gasteiger partial charge in [-0.1, -0.05) is 32.9 Å². The first kappa shape index (κ1) is 15.2. The Morgan fingerprint density at radius 1 is 1.21 bits per heavy atom.